The molecule has 0 fully saturated rings. The molecule has 1 aromatic heterocycles. The lowest BCUT2D eigenvalue weighted by atomic mass is 9.98. The Bertz CT molecular complexity index is 1070. The Morgan fingerprint density at radius 1 is 1.09 bits per heavy atom. The van der Waals surface area contributed by atoms with E-state index in [0.717, 1.165) is 36.6 Å². The van der Waals surface area contributed by atoms with Crippen LogP contribution in [0.1, 0.15) is 38.8 Å². The van der Waals surface area contributed by atoms with Crippen molar-refractivity contribution in [3.05, 3.63) is 90.5 Å². The van der Waals surface area contributed by atoms with Crippen LogP contribution in [0, 0.1) is 17.3 Å². The smallest absolute Gasteiger partial charge is 0.120 e. The Morgan fingerprint density at radius 3 is 2.66 bits per heavy atom. The van der Waals surface area contributed by atoms with Gasteiger partial charge in [-0.2, -0.15) is 0 Å². The van der Waals surface area contributed by atoms with Crippen LogP contribution in [0.15, 0.2) is 79.4 Å². The van der Waals surface area contributed by atoms with Crippen molar-refractivity contribution in [3.8, 4) is 23.3 Å². The Hall–Kier alpha value is -3.29. The van der Waals surface area contributed by atoms with Gasteiger partial charge < -0.3 is 9.30 Å². The van der Waals surface area contributed by atoms with Crippen molar-refractivity contribution < 1.29 is 4.74 Å². The van der Waals surface area contributed by atoms with E-state index in [4.69, 9.17) is 4.74 Å². The molecule has 32 heavy (non-hydrogen) atoms. The molecule has 0 aliphatic carbocycles. The Labute approximate surface area is 192 Å². The summed E-state index contributed by atoms with van der Waals surface area (Å²) >= 11 is 0. The van der Waals surface area contributed by atoms with Gasteiger partial charge in [0.05, 0.1) is 6.33 Å². The van der Waals surface area contributed by atoms with Crippen LogP contribution in [0.4, 0.5) is 0 Å². The summed E-state index contributed by atoms with van der Waals surface area (Å²) in [6.07, 6.45) is 9.62. The van der Waals surface area contributed by atoms with Gasteiger partial charge in [-0.25, -0.2) is 4.98 Å². The average molecular weight is 428 g/mol. The first-order valence-electron chi connectivity index (χ1n) is 11.1. The summed E-state index contributed by atoms with van der Waals surface area (Å²) < 4.78 is 8.08. The fraction of sp³-hybridized carbons (Fsp3) is 0.321. The molecule has 4 nitrogen and oxygen atoms in total. The van der Waals surface area contributed by atoms with E-state index in [-0.39, 0.29) is 5.41 Å². The zero-order valence-corrected chi connectivity index (χ0v) is 19.6. The molecule has 3 rings (SSSR count). The molecule has 1 heterocycles. The summed E-state index contributed by atoms with van der Waals surface area (Å²) in [5, 5.41) is 0. The van der Waals surface area contributed by atoms with E-state index < -0.39 is 0 Å². The maximum atomic E-state index is 6.09. The number of rotatable bonds is 9. The van der Waals surface area contributed by atoms with Gasteiger partial charge in [-0.15, -0.1) is 0 Å². The van der Waals surface area contributed by atoms with Gasteiger partial charge in [-0.3, -0.25) is 4.90 Å². The molecule has 166 valence electrons. The zero-order valence-electron chi connectivity index (χ0n) is 19.6. The highest BCUT2D eigenvalue weighted by Crippen LogP contribution is 2.18. The monoisotopic (exact) mass is 427 g/mol. The second-order valence-electron chi connectivity index (χ2n) is 8.83. The van der Waals surface area contributed by atoms with Crippen LogP contribution in [0.5, 0.6) is 5.75 Å². The minimum atomic E-state index is 0.0377. The van der Waals surface area contributed by atoms with Crippen molar-refractivity contribution in [3.63, 3.8) is 0 Å². The zero-order chi connectivity index (χ0) is 22.8. The summed E-state index contributed by atoms with van der Waals surface area (Å²) in [7, 11) is 0. The van der Waals surface area contributed by atoms with Gasteiger partial charge in [0.1, 0.15) is 12.4 Å². The molecule has 0 bridgehead atoms. The van der Waals surface area contributed by atoms with Crippen molar-refractivity contribution in [2.24, 2.45) is 5.41 Å². The lowest BCUT2D eigenvalue weighted by Gasteiger charge is -2.19. The maximum absolute atomic E-state index is 6.09. The van der Waals surface area contributed by atoms with E-state index in [1.54, 1.807) is 12.5 Å². The molecule has 2 aromatic carbocycles. The van der Waals surface area contributed by atoms with E-state index in [1.807, 2.05) is 29.0 Å². The minimum absolute atomic E-state index is 0.0377. The third-order valence-electron chi connectivity index (χ3n) is 4.88. The molecule has 4 heteroatoms. The average Bonchev–Trinajstić information content (AvgIpc) is 3.31. The lowest BCUT2D eigenvalue weighted by Crippen LogP contribution is -2.22. The molecule has 0 radical (unpaired) electrons. The summed E-state index contributed by atoms with van der Waals surface area (Å²) in [5.74, 6) is 7.26. The molecule has 0 amide bonds. The van der Waals surface area contributed by atoms with E-state index >= 15 is 0 Å². The largest absolute Gasteiger partial charge is 0.489 e. The lowest BCUT2D eigenvalue weighted by molar-refractivity contribution is 0.299. The van der Waals surface area contributed by atoms with Crippen LogP contribution in [-0.2, 0) is 13.2 Å². The van der Waals surface area contributed by atoms with Crippen LogP contribution in [0.3, 0.4) is 0 Å². The quantitative estimate of drug-likeness (QED) is 0.400. The predicted molar refractivity (Wildman–Crippen MR) is 132 cm³/mol. The van der Waals surface area contributed by atoms with Gasteiger partial charge in [0.2, 0.25) is 0 Å². The first-order chi connectivity index (χ1) is 15.4. The summed E-state index contributed by atoms with van der Waals surface area (Å²) in [6.45, 7) is 11.8. The van der Waals surface area contributed by atoms with Gasteiger partial charge in [-0.05, 0) is 68.8 Å². The van der Waals surface area contributed by atoms with E-state index in [2.05, 4.69) is 91.9 Å². The Morgan fingerprint density at radius 2 is 1.91 bits per heavy atom. The fourth-order valence-electron chi connectivity index (χ4n) is 3.20. The van der Waals surface area contributed by atoms with Crippen LogP contribution >= 0.6 is 0 Å². The standard InChI is InChI=1S/C28H33N3O/c1-5-30(17-8-6-7-15-28(2,3)4)21-24-11-10-14-27(20-24)32-22-25-12-9-13-26(19-25)31-18-16-29-23-31/h6,8-14,16,18-20,23H,5,17,21-22H2,1-4H3/b8-6+. The summed E-state index contributed by atoms with van der Waals surface area (Å²) in [4.78, 5) is 6.49. The first-order valence-corrected chi connectivity index (χ1v) is 11.1. The third-order valence-corrected chi connectivity index (χ3v) is 4.88. The van der Waals surface area contributed by atoms with Crippen LogP contribution in [-0.4, -0.2) is 27.5 Å². The van der Waals surface area contributed by atoms with Crippen molar-refractivity contribution in [2.75, 3.05) is 13.1 Å². The highest BCUT2D eigenvalue weighted by Gasteiger charge is 2.05. The molecule has 0 saturated carbocycles. The number of hydrogen-bond donors (Lipinski definition) is 0. The van der Waals surface area contributed by atoms with Crippen LogP contribution < -0.4 is 4.74 Å². The molecule has 0 unspecified atom stereocenters. The summed E-state index contributed by atoms with van der Waals surface area (Å²) in [5.41, 5.74) is 3.48. The normalized spacial score (nSPS) is 11.5. The van der Waals surface area contributed by atoms with E-state index in [1.165, 1.54) is 5.56 Å². The van der Waals surface area contributed by atoms with Crippen molar-refractivity contribution in [2.45, 2.75) is 40.8 Å². The number of hydrogen-bond acceptors (Lipinski definition) is 3. The Balaban J connectivity index is 1.56. The number of aromatic nitrogens is 2. The number of imidazole rings is 1. The van der Waals surface area contributed by atoms with Gasteiger partial charge >= 0.3 is 0 Å². The SMILES string of the molecule is CCN(C/C=C/C#CC(C)(C)C)Cc1cccc(OCc2cccc(-n3ccnc3)c2)c1. The summed E-state index contributed by atoms with van der Waals surface area (Å²) in [6, 6.07) is 16.7. The fourth-order valence-corrected chi connectivity index (χ4v) is 3.20. The molecule has 0 aliphatic rings. The van der Waals surface area contributed by atoms with Crippen molar-refractivity contribution in [1.29, 1.82) is 0 Å². The topological polar surface area (TPSA) is 30.3 Å². The molecule has 3 aromatic rings. The van der Waals surface area contributed by atoms with Crippen molar-refractivity contribution in [1.82, 2.24) is 14.5 Å². The van der Waals surface area contributed by atoms with E-state index in [0.29, 0.717) is 6.61 Å². The highest BCUT2D eigenvalue weighted by molar-refractivity contribution is 5.36. The molecule has 0 N–H and O–H groups in total. The maximum Gasteiger partial charge on any atom is 0.120 e. The molecule has 0 aliphatic heterocycles. The molecular formula is C28H33N3O. The number of allylic oxidation sites excluding steroid dienone is 1. The number of ether oxygens (including phenoxy) is 1. The highest BCUT2D eigenvalue weighted by atomic mass is 16.5. The van der Waals surface area contributed by atoms with Gasteiger partial charge in [-0.1, -0.05) is 49.1 Å². The van der Waals surface area contributed by atoms with Gasteiger partial charge in [0.15, 0.2) is 0 Å². The second-order valence-corrected chi connectivity index (χ2v) is 8.83. The second kappa shape index (κ2) is 11.4. The molecular weight excluding hydrogens is 394 g/mol. The predicted octanol–water partition coefficient (Wildman–Crippen LogP) is 5.88. The Kier molecular flexibility index (Phi) is 8.30. The van der Waals surface area contributed by atoms with Crippen LogP contribution in [0.2, 0.25) is 0 Å². The molecule has 0 spiro atoms. The first kappa shape index (κ1) is 23.4. The number of nitrogens with zero attached hydrogens (tertiary/aromatic N) is 3. The molecule has 0 saturated heterocycles. The van der Waals surface area contributed by atoms with Crippen LogP contribution in [0.25, 0.3) is 5.69 Å². The van der Waals surface area contributed by atoms with Gasteiger partial charge in [0.25, 0.3) is 0 Å². The number of likely N-dealkylation sites (N-methyl/N-ethyl adjacent to an activating group) is 1. The minimum Gasteiger partial charge on any atom is -0.489 e. The van der Waals surface area contributed by atoms with Crippen molar-refractivity contribution >= 4 is 0 Å². The van der Waals surface area contributed by atoms with E-state index in [9.17, 15) is 0 Å². The number of benzene rings is 2. The van der Waals surface area contributed by atoms with Gasteiger partial charge in [0, 0.05) is 36.6 Å². The molecule has 0 atom stereocenters. The third kappa shape index (κ3) is 7.76.